The summed E-state index contributed by atoms with van der Waals surface area (Å²) in [7, 11) is -0.132. The number of aryl methyl sites for hydroxylation is 1. The van der Waals surface area contributed by atoms with E-state index in [0.29, 0.717) is 17.0 Å². The second-order valence-corrected chi connectivity index (χ2v) is 9.10. The molecule has 0 aliphatic rings. The first kappa shape index (κ1) is 27.7. The molecule has 0 spiro atoms. The van der Waals surface area contributed by atoms with Crippen molar-refractivity contribution in [3.8, 4) is 5.75 Å². The van der Waals surface area contributed by atoms with Crippen LogP contribution in [0.4, 0.5) is 30.4 Å². The molecule has 0 bridgehead atoms. The van der Waals surface area contributed by atoms with Crippen LogP contribution >= 0.6 is 0 Å². The maximum atomic E-state index is 13.9. The molecule has 8 nitrogen and oxygen atoms in total. The van der Waals surface area contributed by atoms with Gasteiger partial charge in [-0.3, -0.25) is 4.79 Å². The Hall–Kier alpha value is -3.54. The standard InChI is InChI=1S/C22H24F3N5O2S.CH2O/c1-13-6-15(30-33(2)3)8-18-21(13)22(27-12-26-18)29-17-5-4-14(25)7-19(17)32-11-20(31)28-16(9-23)10-24;1-2/h4-8,12,16H,9-11H2,1-3H3,(H,28,31)(H,26,27,29);1H2. The zero-order valence-electron chi connectivity index (χ0n) is 19.5. The molecule has 1 amide bonds. The molecule has 12 heteroatoms. The highest BCUT2D eigenvalue weighted by Gasteiger charge is 2.15. The molecule has 3 aromatic rings. The summed E-state index contributed by atoms with van der Waals surface area (Å²) in [6.45, 7) is 1.29. The maximum Gasteiger partial charge on any atom is 0.258 e. The Morgan fingerprint density at radius 2 is 1.89 bits per heavy atom. The largest absolute Gasteiger partial charge is 0.481 e. The van der Waals surface area contributed by atoms with Crippen LogP contribution in [0, 0.1) is 12.7 Å². The van der Waals surface area contributed by atoms with E-state index in [1.54, 1.807) is 0 Å². The Balaban J connectivity index is 0.00000210. The van der Waals surface area contributed by atoms with Crippen molar-refractivity contribution in [2.45, 2.75) is 13.0 Å². The number of hydrogen-bond donors (Lipinski definition) is 2. The average molecular weight is 510 g/mol. The minimum atomic E-state index is -1.24. The Bertz CT molecular complexity index is 1200. The number of ether oxygens (including phenoxy) is 1. The van der Waals surface area contributed by atoms with Gasteiger partial charge in [0.1, 0.15) is 43.9 Å². The molecular formula is C23H26F3N5O3S. The zero-order chi connectivity index (χ0) is 26.0. The van der Waals surface area contributed by atoms with E-state index in [2.05, 4.69) is 25.0 Å². The van der Waals surface area contributed by atoms with Crippen LogP contribution in [0.3, 0.4) is 0 Å². The number of halogens is 3. The van der Waals surface area contributed by atoms with Crippen molar-refractivity contribution in [1.29, 1.82) is 0 Å². The van der Waals surface area contributed by atoms with E-state index in [1.807, 2.05) is 38.4 Å². The number of hydrogen-bond acceptors (Lipinski definition) is 7. The minimum absolute atomic E-state index is 0.0410. The number of carbonyl (C=O) groups is 2. The number of nitrogens with zero attached hydrogens (tertiary/aromatic N) is 3. The minimum Gasteiger partial charge on any atom is -0.481 e. The lowest BCUT2D eigenvalue weighted by Gasteiger charge is -2.16. The lowest BCUT2D eigenvalue weighted by molar-refractivity contribution is -0.124. The molecule has 0 unspecified atom stereocenters. The fourth-order valence-corrected chi connectivity index (χ4v) is 3.64. The third-order valence-corrected chi connectivity index (χ3v) is 5.08. The molecule has 0 saturated carbocycles. The molecule has 2 aromatic carbocycles. The smallest absolute Gasteiger partial charge is 0.258 e. The summed E-state index contributed by atoms with van der Waals surface area (Å²) >= 11 is 0. The molecule has 1 aromatic heterocycles. The number of rotatable bonds is 9. The van der Waals surface area contributed by atoms with Gasteiger partial charge in [-0.05, 0) is 49.3 Å². The summed E-state index contributed by atoms with van der Waals surface area (Å²) in [5, 5.41) is 6.03. The lowest BCUT2D eigenvalue weighted by atomic mass is 10.1. The molecule has 2 N–H and O–H groups in total. The first-order valence-electron chi connectivity index (χ1n) is 10.2. The van der Waals surface area contributed by atoms with Gasteiger partial charge in [0.2, 0.25) is 0 Å². The van der Waals surface area contributed by atoms with E-state index < -0.39 is 37.7 Å². The molecule has 0 saturated heterocycles. The van der Waals surface area contributed by atoms with Gasteiger partial charge in [0, 0.05) is 11.5 Å². The number of amides is 1. The van der Waals surface area contributed by atoms with Crippen LogP contribution in [-0.4, -0.2) is 61.2 Å². The van der Waals surface area contributed by atoms with Crippen LogP contribution in [0.25, 0.3) is 10.9 Å². The Kier molecular flexibility index (Phi) is 10.6. The number of nitrogens with one attached hydrogen (secondary N) is 2. The predicted molar refractivity (Wildman–Crippen MR) is 132 cm³/mol. The van der Waals surface area contributed by atoms with Crippen LogP contribution in [0.2, 0.25) is 0 Å². The second kappa shape index (κ2) is 13.4. The van der Waals surface area contributed by atoms with Gasteiger partial charge >= 0.3 is 0 Å². The van der Waals surface area contributed by atoms with Crippen molar-refractivity contribution in [3.63, 3.8) is 0 Å². The van der Waals surface area contributed by atoms with Crippen LogP contribution in [0.15, 0.2) is 41.0 Å². The SMILES string of the molecule is C=O.Cc1cc(N=S(C)C)cc2ncnc(Nc3ccc(F)cc3OCC(=O)NC(CF)CF)c12. The van der Waals surface area contributed by atoms with Crippen molar-refractivity contribution in [2.24, 2.45) is 4.36 Å². The monoisotopic (exact) mass is 509 g/mol. The third-order valence-electron chi connectivity index (χ3n) is 4.50. The molecule has 0 atom stereocenters. The highest BCUT2D eigenvalue weighted by molar-refractivity contribution is 7.85. The number of alkyl halides is 2. The van der Waals surface area contributed by atoms with Crippen molar-refractivity contribution < 1.29 is 27.5 Å². The maximum absolute atomic E-state index is 13.9. The summed E-state index contributed by atoms with van der Waals surface area (Å²) in [5.74, 6) is -0.798. The molecule has 35 heavy (non-hydrogen) atoms. The van der Waals surface area contributed by atoms with Gasteiger partial charge in [0.15, 0.2) is 6.61 Å². The number of carbonyl (C=O) groups excluding carboxylic acids is 2. The summed E-state index contributed by atoms with van der Waals surface area (Å²) in [5.41, 5.74) is 2.75. The number of fused-ring (bicyclic) bond motifs is 1. The molecule has 188 valence electrons. The van der Waals surface area contributed by atoms with E-state index in [-0.39, 0.29) is 16.4 Å². The van der Waals surface area contributed by atoms with E-state index in [9.17, 15) is 18.0 Å². The van der Waals surface area contributed by atoms with Crippen LogP contribution in [0.5, 0.6) is 5.75 Å². The highest BCUT2D eigenvalue weighted by atomic mass is 32.2. The quantitative estimate of drug-likeness (QED) is 0.449. The van der Waals surface area contributed by atoms with Crippen molar-refractivity contribution in [2.75, 3.05) is 37.8 Å². The molecule has 0 aliphatic carbocycles. The molecule has 0 radical (unpaired) electrons. The van der Waals surface area contributed by atoms with E-state index >= 15 is 0 Å². The first-order valence-corrected chi connectivity index (χ1v) is 12.2. The topological polar surface area (TPSA) is 106 Å². The first-order chi connectivity index (χ1) is 16.8. The summed E-state index contributed by atoms with van der Waals surface area (Å²) in [6.07, 6.45) is 5.42. The van der Waals surface area contributed by atoms with Gasteiger partial charge in [-0.15, -0.1) is 10.7 Å². The normalized spacial score (nSPS) is 10.6. The number of aromatic nitrogens is 2. The van der Waals surface area contributed by atoms with Gasteiger partial charge in [-0.25, -0.2) is 27.5 Å². The van der Waals surface area contributed by atoms with Crippen LogP contribution in [0.1, 0.15) is 5.56 Å². The fraction of sp³-hybridized carbons (Fsp3) is 0.304. The Morgan fingerprint density at radius 3 is 2.54 bits per heavy atom. The van der Waals surface area contributed by atoms with Crippen LogP contribution < -0.4 is 15.4 Å². The molecule has 0 fully saturated rings. The Labute approximate surface area is 203 Å². The van der Waals surface area contributed by atoms with Gasteiger partial charge in [0.05, 0.1) is 22.9 Å². The fourth-order valence-electron chi connectivity index (χ4n) is 3.11. The number of anilines is 2. The summed E-state index contributed by atoms with van der Waals surface area (Å²) < 4.78 is 49.1. The van der Waals surface area contributed by atoms with Crippen molar-refractivity contribution in [1.82, 2.24) is 15.3 Å². The molecule has 1 heterocycles. The second-order valence-electron chi connectivity index (χ2n) is 7.37. The van der Waals surface area contributed by atoms with Gasteiger partial charge in [-0.1, -0.05) is 0 Å². The third kappa shape index (κ3) is 7.74. The van der Waals surface area contributed by atoms with E-state index in [4.69, 9.17) is 9.53 Å². The van der Waals surface area contributed by atoms with Gasteiger partial charge in [0.25, 0.3) is 5.91 Å². The summed E-state index contributed by atoms with van der Waals surface area (Å²) in [6, 6.07) is 6.34. The van der Waals surface area contributed by atoms with E-state index in [0.717, 1.165) is 22.7 Å². The molecule has 3 rings (SSSR count). The number of benzene rings is 2. The molecule has 0 aliphatic heterocycles. The zero-order valence-corrected chi connectivity index (χ0v) is 20.3. The van der Waals surface area contributed by atoms with Crippen molar-refractivity contribution in [3.05, 3.63) is 48.0 Å². The highest BCUT2D eigenvalue weighted by Crippen LogP contribution is 2.33. The van der Waals surface area contributed by atoms with E-state index in [1.165, 1.54) is 18.5 Å². The molecular weight excluding hydrogens is 483 g/mol. The van der Waals surface area contributed by atoms with Gasteiger partial charge < -0.3 is 20.2 Å². The average Bonchev–Trinajstić information content (AvgIpc) is 2.83. The summed E-state index contributed by atoms with van der Waals surface area (Å²) in [4.78, 5) is 28.6. The van der Waals surface area contributed by atoms with Gasteiger partial charge in [-0.2, -0.15) is 0 Å². The predicted octanol–water partition coefficient (Wildman–Crippen LogP) is 4.13. The van der Waals surface area contributed by atoms with Crippen LogP contribution in [-0.2, 0) is 20.3 Å². The lowest BCUT2D eigenvalue weighted by Crippen LogP contribution is -2.40. The Morgan fingerprint density at radius 1 is 1.17 bits per heavy atom. The van der Waals surface area contributed by atoms with Crippen molar-refractivity contribution >= 4 is 51.5 Å².